The second-order valence-electron chi connectivity index (χ2n) is 6.19. The highest BCUT2D eigenvalue weighted by atomic mass is 16.6. The van der Waals surface area contributed by atoms with Gasteiger partial charge in [-0.25, -0.2) is 4.79 Å². The topological polar surface area (TPSA) is 49.8 Å². The van der Waals surface area contributed by atoms with E-state index in [-0.39, 0.29) is 18.1 Å². The van der Waals surface area contributed by atoms with Gasteiger partial charge in [-0.2, -0.15) is 0 Å². The molecule has 1 saturated heterocycles. The van der Waals surface area contributed by atoms with Gasteiger partial charge in [-0.05, 0) is 33.1 Å². The van der Waals surface area contributed by atoms with E-state index < -0.39 is 5.60 Å². The van der Waals surface area contributed by atoms with Gasteiger partial charge in [-0.1, -0.05) is 13.8 Å². The summed E-state index contributed by atoms with van der Waals surface area (Å²) in [6.45, 7) is 10.9. The average molecular weight is 243 g/mol. The minimum atomic E-state index is -0.458. The van der Waals surface area contributed by atoms with Crippen molar-refractivity contribution in [3.8, 4) is 0 Å². The first-order valence-corrected chi connectivity index (χ1v) is 6.36. The number of nitrogens with zero attached hydrogens (tertiary/aromatic N) is 1. The van der Waals surface area contributed by atoms with Crippen molar-refractivity contribution in [1.29, 1.82) is 0 Å². The fraction of sp³-hybridized carbons (Fsp3) is 0.923. The number of carbonyl (C=O) groups is 1. The van der Waals surface area contributed by atoms with Crippen LogP contribution in [0.5, 0.6) is 0 Å². The number of hydrogen-bond donors (Lipinski definition) is 1. The van der Waals surface area contributed by atoms with E-state index >= 15 is 0 Å². The highest BCUT2D eigenvalue weighted by molar-refractivity contribution is 5.68. The lowest BCUT2D eigenvalue weighted by Gasteiger charge is -2.38. The summed E-state index contributed by atoms with van der Waals surface area (Å²) in [4.78, 5) is 13.6. The maximum Gasteiger partial charge on any atom is 0.410 e. The molecular formula is C13H25NO3. The van der Waals surface area contributed by atoms with Gasteiger partial charge >= 0.3 is 6.09 Å². The van der Waals surface area contributed by atoms with Crippen molar-refractivity contribution < 1.29 is 14.6 Å². The Hall–Kier alpha value is -0.770. The van der Waals surface area contributed by atoms with Crippen LogP contribution in [0.1, 0.15) is 41.0 Å². The molecule has 1 heterocycles. The van der Waals surface area contributed by atoms with Crippen LogP contribution in [0.3, 0.4) is 0 Å². The molecule has 0 aromatic carbocycles. The maximum absolute atomic E-state index is 11.9. The summed E-state index contributed by atoms with van der Waals surface area (Å²) in [7, 11) is 0. The van der Waals surface area contributed by atoms with E-state index in [0.29, 0.717) is 25.4 Å². The van der Waals surface area contributed by atoms with Crippen molar-refractivity contribution in [3.05, 3.63) is 0 Å². The lowest BCUT2D eigenvalue weighted by atomic mass is 9.85. The summed E-state index contributed by atoms with van der Waals surface area (Å²) in [5.41, 5.74) is -0.458. The molecule has 1 aliphatic heterocycles. The van der Waals surface area contributed by atoms with Gasteiger partial charge in [0.15, 0.2) is 0 Å². The molecule has 4 nitrogen and oxygen atoms in total. The van der Waals surface area contributed by atoms with Crippen LogP contribution in [0.25, 0.3) is 0 Å². The molecule has 0 aromatic heterocycles. The summed E-state index contributed by atoms with van der Waals surface area (Å²) >= 11 is 0. The number of amides is 1. The van der Waals surface area contributed by atoms with E-state index in [4.69, 9.17) is 4.74 Å². The second-order valence-corrected chi connectivity index (χ2v) is 6.19. The third-order valence-corrected chi connectivity index (χ3v) is 3.13. The molecule has 2 atom stereocenters. The van der Waals surface area contributed by atoms with E-state index in [1.807, 2.05) is 20.8 Å². The SMILES string of the molecule is CC(C)[C@H]1CN(C(=O)OC(C)(C)C)CC[C@@H]1O. The number of hydrogen-bond acceptors (Lipinski definition) is 3. The Morgan fingerprint density at radius 1 is 1.41 bits per heavy atom. The number of likely N-dealkylation sites (tertiary alicyclic amines) is 1. The second kappa shape index (κ2) is 5.25. The minimum Gasteiger partial charge on any atom is -0.444 e. The number of piperidine rings is 1. The molecule has 1 N–H and O–H groups in total. The van der Waals surface area contributed by atoms with E-state index in [9.17, 15) is 9.90 Å². The predicted octanol–water partition coefficient (Wildman–Crippen LogP) is 2.26. The third-order valence-electron chi connectivity index (χ3n) is 3.13. The number of rotatable bonds is 1. The highest BCUT2D eigenvalue weighted by Crippen LogP contribution is 2.25. The number of ether oxygens (including phenoxy) is 1. The lowest BCUT2D eigenvalue weighted by Crippen LogP contribution is -2.49. The van der Waals surface area contributed by atoms with Crippen molar-refractivity contribution in [2.45, 2.75) is 52.7 Å². The van der Waals surface area contributed by atoms with E-state index in [1.165, 1.54) is 0 Å². The van der Waals surface area contributed by atoms with Crippen molar-refractivity contribution in [2.75, 3.05) is 13.1 Å². The zero-order chi connectivity index (χ0) is 13.2. The largest absolute Gasteiger partial charge is 0.444 e. The fourth-order valence-electron chi connectivity index (χ4n) is 2.12. The van der Waals surface area contributed by atoms with Gasteiger partial charge in [0.1, 0.15) is 5.60 Å². The first kappa shape index (κ1) is 14.3. The number of aliphatic hydroxyl groups excluding tert-OH is 1. The molecule has 1 aliphatic rings. The van der Waals surface area contributed by atoms with Crippen molar-refractivity contribution in [2.24, 2.45) is 11.8 Å². The lowest BCUT2D eigenvalue weighted by molar-refractivity contribution is -0.0181. The Kier molecular flexibility index (Phi) is 4.42. The molecule has 4 heteroatoms. The standard InChI is InChI=1S/C13H25NO3/c1-9(2)10-8-14(7-6-11(10)15)12(16)17-13(3,4)5/h9-11,15H,6-8H2,1-5H3/t10-,11+/m1/s1. The maximum atomic E-state index is 11.9. The molecule has 17 heavy (non-hydrogen) atoms. The summed E-state index contributed by atoms with van der Waals surface area (Å²) in [5, 5.41) is 9.89. The molecule has 0 spiro atoms. The molecule has 0 aliphatic carbocycles. The molecule has 0 unspecified atom stereocenters. The van der Waals surface area contributed by atoms with Crippen LogP contribution < -0.4 is 0 Å². The van der Waals surface area contributed by atoms with E-state index in [0.717, 1.165) is 0 Å². The van der Waals surface area contributed by atoms with Crippen LogP contribution in [0, 0.1) is 11.8 Å². The first-order chi connectivity index (χ1) is 7.70. The summed E-state index contributed by atoms with van der Waals surface area (Å²) in [6, 6.07) is 0. The van der Waals surface area contributed by atoms with Crippen LogP contribution >= 0.6 is 0 Å². The Balaban J connectivity index is 2.59. The zero-order valence-electron chi connectivity index (χ0n) is 11.6. The summed E-state index contributed by atoms with van der Waals surface area (Å²) < 4.78 is 5.35. The zero-order valence-corrected chi connectivity index (χ0v) is 11.6. The van der Waals surface area contributed by atoms with Crippen molar-refractivity contribution in [3.63, 3.8) is 0 Å². The molecule has 0 saturated carbocycles. The van der Waals surface area contributed by atoms with Gasteiger partial charge in [0.2, 0.25) is 0 Å². The van der Waals surface area contributed by atoms with Crippen LogP contribution in [0.2, 0.25) is 0 Å². The smallest absolute Gasteiger partial charge is 0.410 e. The number of carbonyl (C=O) groups excluding carboxylic acids is 1. The molecule has 100 valence electrons. The molecule has 0 bridgehead atoms. The van der Waals surface area contributed by atoms with Crippen LogP contribution in [-0.2, 0) is 4.74 Å². The van der Waals surface area contributed by atoms with Crippen molar-refractivity contribution in [1.82, 2.24) is 4.90 Å². The van der Waals surface area contributed by atoms with Crippen molar-refractivity contribution >= 4 is 6.09 Å². The van der Waals surface area contributed by atoms with Crippen LogP contribution in [0.15, 0.2) is 0 Å². The highest BCUT2D eigenvalue weighted by Gasteiger charge is 2.33. The van der Waals surface area contributed by atoms with Crippen LogP contribution in [-0.4, -0.2) is 40.9 Å². The van der Waals surface area contributed by atoms with E-state index in [2.05, 4.69) is 13.8 Å². The predicted molar refractivity (Wildman–Crippen MR) is 66.8 cm³/mol. The molecule has 1 fully saturated rings. The summed E-state index contributed by atoms with van der Waals surface area (Å²) in [5.74, 6) is 0.520. The van der Waals surface area contributed by atoms with E-state index in [1.54, 1.807) is 4.90 Å². The third kappa shape index (κ3) is 4.19. The average Bonchev–Trinajstić information content (AvgIpc) is 2.14. The van der Waals surface area contributed by atoms with Gasteiger partial charge < -0.3 is 14.7 Å². The van der Waals surface area contributed by atoms with Gasteiger partial charge in [-0.3, -0.25) is 0 Å². The molecule has 0 radical (unpaired) electrons. The monoisotopic (exact) mass is 243 g/mol. The van der Waals surface area contributed by atoms with Gasteiger partial charge in [0.25, 0.3) is 0 Å². The Labute approximate surface area is 104 Å². The fourth-order valence-corrected chi connectivity index (χ4v) is 2.12. The molecular weight excluding hydrogens is 218 g/mol. The van der Waals surface area contributed by atoms with Crippen LogP contribution in [0.4, 0.5) is 4.79 Å². The normalized spacial score (nSPS) is 26.2. The van der Waals surface area contributed by atoms with Gasteiger partial charge in [0.05, 0.1) is 6.10 Å². The number of aliphatic hydroxyl groups is 1. The Bertz CT molecular complexity index is 270. The Morgan fingerprint density at radius 3 is 2.47 bits per heavy atom. The molecule has 1 amide bonds. The Morgan fingerprint density at radius 2 is 2.00 bits per heavy atom. The summed E-state index contributed by atoms with van der Waals surface area (Å²) in [6.07, 6.45) is 0.0750. The molecule has 1 rings (SSSR count). The minimum absolute atomic E-state index is 0.149. The molecule has 0 aromatic rings. The quantitative estimate of drug-likeness (QED) is 0.768. The van der Waals surface area contributed by atoms with Gasteiger partial charge in [0, 0.05) is 19.0 Å². The van der Waals surface area contributed by atoms with Gasteiger partial charge in [-0.15, -0.1) is 0 Å². The first-order valence-electron chi connectivity index (χ1n) is 6.36.